The lowest BCUT2D eigenvalue weighted by atomic mass is 9.90. The third-order valence-electron chi connectivity index (χ3n) is 5.35. The third kappa shape index (κ3) is 3.51. The molecule has 0 radical (unpaired) electrons. The maximum absolute atomic E-state index is 12.8. The number of likely N-dealkylation sites (tertiary alicyclic amines) is 1. The van der Waals surface area contributed by atoms with E-state index in [-0.39, 0.29) is 5.91 Å². The van der Waals surface area contributed by atoms with E-state index in [1.165, 1.54) is 5.57 Å². The second kappa shape index (κ2) is 6.83. The number of pyridine rings is 1. The molecular weight excluding hydrogens is 308 g/mol. The molecule has 1 aromatic heterocycles. The van der Waals surface area contributed by atoms with Gasteiger partial charge in [-0.2, -0.15) is 0 Å². The number of fused-ring (bicyclic) bond motifs is 1. The molecule has 1 atom stereocenters. The molecule has 1 aromatic carbocycles. The smallest absolute Gasteiger partial charge is 0.255 e. The second-order valence-electron chi connectivity index (χ2n) is 7.32. The Morgan fingerprint density at radius 1 is 1.24 bits per heavy atom. The number of allylic oxidation sites excluding steroid dienone is 4. The fourth-order valence-electron chi connectivity index (χ4n) is 3.90. The fourth-order valence-corrected chi connectivity index (χ4v) is 3.90. The van der Waals surface area contributed by atoms with Crippen LogP contribution in [0.25, 0.3) is 10.9 Å². The van der Waals surface area contributed by atoms with Crippen LogP contribution in [0.3, 0.4) is 0 Å². The summed E-state index contributed by atoms with van der Waals surface area (Å²) in [6, 6.07) is 9.90. The Hall–Kier alpha value is -2.42. The number of benzene rings is 1. The highest BCUT2D eigenvalue weighted by Gasteiger charge is 2.24. The molecule has 3 nitrogen and oxygen atoms in total. The minimum atomic E-state index is 0.116. The first-order valence-corrected chi connectivity index (χ1v) is 9.22. The standard InChI is InChI=1S/C22H24N2O/c1-16-6-7-18(12-16)13-17-8-10-24(11-9-17)22(25)20-14-19-4-2-3-5-21(19)23-15-20/h2-7,12,14-17H,8-11,13H2,1H3/t16-/m1/s1. The van der Waals surface area contributed by atoms with Crippen molar-refractivity contribution in [3.8, 4) is 0 Å². The summed E-state index contributed by atoms with van der Waals surface area (Å²) in [6.45, 7) is 3.92. The number of nitrogens with zero attached hydrogens (tertiary/aromatic N) is 2. The Morgan fingerprint density at radius 2 is 2.04 bits per heavy atom. The van der Waals surface area contributed by atoms with Crippen molar-refractivity contribution in [1.82, 2.24) is 9.88 Å². The van der Waals surface area contributed by atoms with Crippen molar-refractivity contribution in [2.75, 3.05) is 13.1 Å². The van der Waals surface area contributed by atoms with Crippen LogP contribution in [-0.4, -0.2) is 28.9 Å². The van der Waals surface area contributed by atoms with Gasteiger partial charge in [-0.3, -0.25) is 9.78 Å². The van der Waals surface area contributed by atoms with E-state index in [0.29, 0.717) is 17.4 Å². The summed E-state index contributed by atoms with van der Waals surface area (Å²) in [6.07, 6.45) is 11.9. The van der Waals surface area contributed by atoms with Gasteiger partial charge in [0.05, 0.1) is 11.1 Å². The van der Waals surface area contributed by atoms with Crippen molar-refractivity contribution in [3.63, 3.8) is 0 Å². The summed E-state index contributed by atoms with van der Waals surface area (Å²) >= 11 is 0. The molecule has 2 aromatic rings. The summed E-state index contributed by atoms with van der Waals surface area (Å²) in [5.41, 5.74) is 3.10. The van der Waals surface area contributed by atoms with Crippen LogP contribution in [-0.2, 0) is 0 Å². The van der Waals surface area contributed by atoms with E-state index < -0.39 is 0 Å². The van der Waals surface area contributed by atoms with Crippen LogP contribution in [0.2, 0.25) is 0 Å². The van der Waals surface area contributed by atoms with Gasteiger partial charge in [-0.15, -0.1) is 0 Å². The number of hydrogen-bond acceptors (Lipinski definition) is 2. The zero-order chi connectivity index (χ0) is 17.2. The van der Waals surface area contributed by atoms with Gasteiger partial charge in [0.2, 0.25) is 0 Å². The summed E-state index contributed by atoms with van der Waals surface area (Å²) in [4.78, 5) is 19.2. The van der Waals surface area contributed by atoms with Gasteiger partial charge in [0.1, 0.15) is 0 Å². The molecule has 1 amide bonds. The summed E-state index contributed by atoms with van der Waals surface area (Å²) < 4.78 is 0. The quantitative estimate of drug-likeness (QED) is 0.822. The van der Waals surface area contributed by atoms with E-state index in [1.54, 1.807) is 6.20 Å². The number of rotatable bonds is 3. The molecule has 1 aliphatic carbocycles. The average molecular weight is 332 g/mol. The lowest BCUT2D eigenvalue weighted by Crippen LogP contribution is -2.38. The van der Waals surface area contributed by atoms with E-state index in [1.807, 2.05) is 35.2 Å². The molecular formula is C22H24N2O. The molecule has 0 unspecified atom stereocenters. The van der Waals surface area contributed by atoms with Gasteiger partial charge in [-0.05, 0) is 43.2 Å². The summed E-state index contributed by atoms with van der Waals surface area (Å²) in [7, 11) is 0. The molecule has 3 heteroatoms. The molecule has 4 rings (SSSR count). The highest BCUT2D eigenvalue weighted by atomic mass is 16.2. The number of carbonyl (C=O) groups excluding carboxylic acids is 1. The number of aromatic nitrogens is 1. The Kier molecular flexibility index (Phi) is 4.39. The third-order valence-corrected chi connectivity index (χ3v) is 5.35. The van der Waals surface area contributed by atoms with Crippen LogP contribution < -0.4 is 0 Å². The monoisotopic (exact) mass is 332 g/mol. The van der Waals surface area contributed by atoms with Crippen LogP contribution in [0.15, 0.2) is 60.3 Å². The lowest BCUT2D eigenvalue weighted by molar-refractivity contribution is 0.0690. The molecule has 2 aliphatic rings. The van der Waals surface area contributed by atoms with E-state index in [0.717, 1.165) is 43.3 Å². The normalized spacial score (nSPS) is 20.9. The van der Waals surface area contributed by atoms with Crippen LogP contribution in [0, 0.1) is 11.8 Å². The predicted octanol–water partition coefficient (Wildman–Crippen LogP) is 4.61. The highest BCUT2D eigenvalue weighted by molar-refractivity contribution is 5.97. The van der Waals surface area contributed by atoms with E-state index >= 15 is 0 Å². The molecule has 1 fully saturated rings. The van der Waals surface area contributed by atoms with Gasteiger partial charge in [0.25, 0.3) is 5.91 Å². The molecule has 128 valence electrons. The molecule has 25 heavy (non-hydrogen) atoms. The van der Waals surface area contributed by atoms with Crippen molar-refractivity contribution in [3.05, 3.63) is 65.9 Å². The van der Waals surface area contributed by atoms with Crippen LogP contribution >= 0.6 is 0 Å². The van der Waals surface area contributed by atoms with Gasteiger partial charge in [0, 0.05) is 24.7 Å². The largest absolute Gasteiger partial charge is 0.339 e. The number of piperidine rings is 1. The predicted molar refractivity (Wildman–Crippen MR) is 101 cm³/mol. The molecule has 1 aliphatic heterocycles. The zero-order valence-electron chi connectivity index (χ0n) is 14.7. The van der Waals surface area contributed by atoms with Crippen molar-refractivity contribution in [1.29, 1.82) is 0 Å². The molecule has 0 bridgehead atoms. The maximum Gasteiger partial charge on any atom is 0.255 e. The number of hydrogen-bond donors (Lipinski definition) is 0. The van der Waals surface area contributed by atoms with E-state index in [4.69, 9.17) is 0 Å². The Morgan fingerprint density at radius 3 is 2.80 bits per heavy atom. The second-order valence-corrected chi connectivity index (χ2v) is 7.32. The molecule has 2 heterocycles. The first kappa shape index (κ1) is 16.1. The van der Waals surface area contributed by atoms with Crippen molar-refractivity contribution >= 4 is 16.8 Å². The minimum Gasteiger partial charge on any atom is -0.339 e. The van der Waals surface area contributed by atoms with Gasteiger partial charge >= 0.3 is 0 Å². The number of carbonyl (C=O) groups is 1. The minimum absolute atomic E-state index is 0.116. The molecule has 1 saturated heterocycles. The van der Waals surface area contributed by atoms with Crippen LogP contribution in [0.1, 0.15) is 36.5 Å². The number of para-hydroxylation sites is 1. The molecule has 0 N–H and O–H groups in total. The Bertz CT molecular complexity index is 844. The summed E-state index contributed by atoms with van der Waals surface area (Å²) in [5, 5.41) is 1.03. The lowest BCUT2D eigenvalue weighted by Gasteiger charge is -2.32. The SMILES string of the molecule is C[C@@H]1C=CC(CC2CCN(C(=O)c3cnc4ccccc4c3)CC2)=C1. The summed E-state index contributed by atoms with van der Waals surface area (Å²) in [5.74, 6) is 1.39. The van der Waals surface area contributed by atoms with Gasteiger partial charge in [-0.25, -0.2) is 0 Å². The Labute approximate surface area is 149 Å². The fraction of sp³-hybridized carbons (Fsp3) is 0.364. The first-order valence-electron chi connectivity index (χ1n) is 9.22. The highest BCUT2D eigenvalue weighted by Crippen LogP contribution is 2.28. The maximum atomic E-state index is 12.8. The van der Waals surface area contributed by atoms with Crippen molar-refractivity contribution in [2.24, 2.45) is 11.8 Å². The van der Waals surface area contributed by atoms with Crippen molar-refractivity contribution < 1.29 is 4.79 Å². The van der Waals surface area contributed by atoms with Crippen LogP contribution in [0.5, 0.6) is 0 Å². The average Bonchev–Trinajstić information content (AvgIpc) is 3.06. The van der Waals surface area contributed by atoms with E-state index in [2.05, 4.69) is 30.1 Å². The van der Waals surface area contributed by atoms with Gasteiger partial charge < -0.3 is 4.90 Å². The van der Waals surface area contributed by atoms with Gasteiger partial charge in [0.15, 0.2) is 0 Å². The molecule has 0 saturated carbocycles. The van der Waals surface area contributed by atoms with Gasteiger partial charge in [-0.1, -0.05) is 48.9 Å². The zero-order valence-corrected chi connectivity index (χ0v) is 14.7. The molecule has 0 spiro atoms. The topological polar surface area (TPSA) is 33.2 Å². The number of amides is 1. The first-order chi connectivity index (χ1) is 12.2. The van der Waals surface area contributed by atoms with E-state index in [9.17, 15) is 4.79 Å². The van der Waals surface area contributed by atoms with Crippen molar-refractivity contribution in [2.45, 2.75) is 26.2 Å². The Balaban J connectivity index is 1.39. The van der Waals surface area contributed by atoms with Crippen LogP contribution in [0.4, 0.5) is 0 Å².